The third-order valence-corrected chi connectivity index (χ3v) is 2.22. The molecule has 0 aromatic carbocycles. The van der Waals surface area contributed by atoms with Crippen LogP contribution in [0.15, 0.2) is 23.8 Å². The van der Waals surface area contributed by atoms with Crippen LogP contribution in [0.4, 0.5) is 0 Å². The van der Waals surface area contributed by atoms with Gasteiger partial charge in [0.25, 0.3) is 0 Å². The van der Waals surface area contributed by atoms with Gasteiger partial charge in [0.1, 0.15) is 0 Å². The van der Waals surface area contributed by atoms with Crippen molar-refractivity contribution in [2.24, 2.45) is 5.92 Å². The summed E-state index contributed by atoms with van der Waals surface area (Å²) in [6, 6.07) is 0. The van der Waals surface area contributed by atoms with Crippen molar-refractivity contribution in [2.45, 2.75) is 26.7 Å². The average molecular weight is 212 g/mol. The van der Waals surface area contributed by atoms with Crippen molar-refractivity contribution in [1.29, 1.82) is 0 Å². The van der Waals surface area contributed by atoms with E-state index in [1.807, 2.05) is 0 Å². The second-order valence-corrected chi connectivity index (χ2v) is 3.20. The van der Waals surface area contributed by atoms with Crippen molar-refractivity contribution >= 4 is 11.9 Å². The van der Waals surface area contributed by atoms with Gasteiger partial charge in [-0.2, -0.15) is 0 Å². The van der Waals surface area contributed by atoms with Gasteiger partial charge in [0.05, 0.1) is 0 Å². The zero-order chi connectivity index (χ0) is 12.0. The van der Waals surface area contributed by atoms with Crippen LogP contribution in [-0.2, 0) is 9.59 Å². The van der Waals surface area contributed by atoms with E-state index < -0.39 is 17.9 Å². The molecule has 0 fully saturated rings. The van der Waals surface area contributed by atoms with Crippen LogP contribution in [0.3, 0.4) is 0 Å². The van der Waals surface area contributed by atoms with Crippen LogP contribution < -0.4 is 0 Å². The standard InChI is InChI=1S/C11H16O4/c1-4-8(7(3)10(12)13)6-9(5-2)11(14)15/h6,8H,3-5H2,1-2H3,(H,12,13)(H,14,15). The molecule has 0 radical (unpaired) electrons. The first-order chi connectivity index (χ1) is 6.93. The lowest BCUT2D eigenvalue weighted by Gasteiger charge is -2.11. The molecule has 0 saturated heterocycles. The predicted molar refractivity (Wildman–Crippen MR) is 56.6 cm³/mol. The average Bonchev–Trinajstić information content (AvgIpc) is 2.18. The van der Waals surface area contributed by atoms with Crippen LogP contribution in [0.1, 0.15) is 26.7 Å². The molecule has 0 aromatic rings. The van der Waals surface area contributed by atoms with E-state index in [0.717, 1.165) is 0 Å². The molecule has 0 aliphatic rings. The molecule has 84 valence electrons. The quantitative estimate of drug-likeness (QED) is 0.661. The lowest BCUT2D eigenvalue weighted by Crippen LogP contribution is -2.11. The SMILES string of the molecule is C=C(C(=O)O)C(C=C(CC)C(=O)O)CC. The smallest absolute Gasteiger partial charge is 0.331 e. The molecule has 0 rings (SSSR count). The molecular formula is C11H16O4. The zero-order valence-electron chi connectivity index (χ0n) is 8.99. The topological polar surface area (TPSA) is 74.6 Å². The maximum absolute atomic E-state index is 10.7. The first kappa shape index (κ1) is 13.4. The Labute approximate surface area is 88.9 Å². The van der Waals surface area contributed by atoms with Gasteiger partial charge < -0.3 is 10.2 Å². The van der Waals surface area contributed by atoms with Crippen molar-refractivity contribution in [2.75, 3.05) is 0 Å². The van der Waals surface area contributed by atoms with Gasteiger partial charge in [-0.05, 0) is 12.8 Å². The van der Waals surface area contributed by atoms with Crippen molar-refractivity contribution in [3.05, 3.63) is 23.8 Å². The maximum Gasteiger partial charge on any atom is 0.331 e. The number of aliphatic carboxylic acids is 2. The summed E-state index contributed by atoms with van der Waals surface area (Å²) in [7, 11) is 0. The highest BCUT2D eigenvalue weighted by Gasteiger charge is 2.16. The van der Waals surface area contributed by atoms with E-state index in [-0.39, 0.29) is 11.1 Å². The van der Waals surface area contributed by atoms with Gasteiger partial charge in [-0.15, -0.1) is 0 Å². The number of carbonyl (C=O) groups is 2. The fourth-order valence-electron chi connectivity index (χ4n) is 1.21. The van der Waals surface area contributed by atoms with Crippen molar-refractivity contribution < 1.29 is 19.8 Å². The molecule has 0 aliphatic heterocycles. The molecule has 0 saturated carbocycles. The van der Waals surface area contributed by atoms with E-state index in [2.05, 4.69) is 6.58 Å². The van der Waals surface area contributed by atoms with E-state index in [1.165, 1.54) is 6.08 Å². The van der Waals surface area contributed by atoms with Crippen molar-refractivity contribution in [1.82, 2.24) is 0 Å². The van der Waals surface area contributed by atoms with Crippen LogP contribution in [0.2, 0.25) is 0 Å². The van der Waals surface area contributed by atoms with E-state index in [0.29, 0.717) is 12.8 Å². The number of carboxylic acid groups (broad SMARTS) is 2. The van der Waals surface area contributed by atoms with Crippen molar-refractivity contribution in [3.63, 3.8) is 0 Å². The highest BCUT2D eigenvalue weighted by molar-refractivity contribution is 5.89. The summed E-state index contributed by atoms with van der Waals surface area (Å²) in [4.78, 5) is 21.4. The highest BCUT2D eigenvalue weighted by atomic mass is 16.4. The van der Waals surface area contributed by atoms with Crippen LogP contribution in [0, 0.1) is 5.92 Å². The summed E-state index contributed by atoms with van der Waals surface area (Å²) in [6.45, 7) is 6.95. The molecule has 4 nitrogen and oxygen atoms in total. The number of hydrogen-bond acceptors (Lipinski definition) is 2. The van der Waals surface area contributed by atoms with Gasteiger partial charge in [-0.3, -0.25) is 0 Å². The van der Waals surface area contributed by atoms with Crippen LogP contribution in [0.5, 0.6) is 0 Å². The highest BCUT2D eigenvalue weighted by Crippen LogP contribution is 2.18. The lowest BCUT2D eigenvalue weighted by atomic mass is 9.94. The number of hydrogen-bond donors (Lipinski definition) is 2. The Balaban J connectivity index is 4.91. The summed E-state index contributed by atoms with van der Waals surface area (Å²) in [5.41, 5.74) is 0.258. The number of rotatable bonds is 6. The second kappa shape index (κ2) is 6.01. The minimum atomic E-state index is -1.08. The first-order valence-electron chi connectivity index (χ1n) is 4.80. The van der Waals surface area contributed by atoms with Gasteiger partial charge in [0.15, 0.2) is 0 Å². The molecule has 4 heteroatoms. The summed E-state index contributed by atoms with van der Waals surface area (Å²) in [5, 5.41) is 17.5. The fraction of sp³-hybridized carbons (Fsp3) is 0.455. The molecular weight excluding hydrogens is 196 g/mol. The molecule has 1 unspecified atom stereocenters. The molecule has 1 atom stereocenters. The summed E-state index contributed by atoms with van der Waals surface area (Å²) in [6.07, 6.45) is 2.37. The van der Waals surface area contributed by atoms with Gasteiger partial charge in [-0.1, -0.05) is 26.5 Å². The second-order valence-electron chi connectivity index (χ2n) is 3.20. The Morgan fingerprint density at radius 1 is 1.27 bits per heavy atom. The molecule has 0 spiro atoms. The Hall–Kier alpha value is -1.58. The summed E-state index contributed by atoms with van der Waals surface area (Å²) >= 11 is 0. The first-order valence-corrected chi connectivity index (χ1v) is 4.80. The molecule has 0 aliphatic carbocycles. The molecule has 0 amide bonds. The van der Waals surface area contributed by atoms with E-state index >= 15 is 0 Å². The van der Waals surface area contributed by atoms with Gasteiger partial charge >= 0.3 is 11.9 Å². The minimum Gasteiger partial charge on any atom is -0.478 e. The molecule has 2 N–H and O–H groups in total. The molecule has 15 heavy (non-hydrogen) atoms. The Morgan fingerprint density at radius 3 is 2.07 bits per heavy atom. The lowest BCUT2D eigenvalue weighted by molar-refractivity contribution is -0.134. The summed E-state index contributed by atoms with van der Waals surface area (Å²) < 4.78 is 0. The van der Waals surface area contributed by atoms with Crippen LogP contribution in [0.25, 0.3) is 0 Å². The third-order valence-electron chi connectivity index (χ3n) is 2.22. The van der Waals surface area contributed by atoms with Gasteiger partial charge in [-0.25, -0.2) is 9.59 Å². The number of allylic oxidation sites excluding steroid dienone is 1. The monoisotopic (exact) mass is 212 g/mol. The number of carboxylic acids is 2. The minimum absolute atomic E-state index is 0.0321. The van der Waals surface area contributed by atoms with Gasteiger partial charge in [0, 0.05) is 17.1 Å². The zero-order valence-corrected chi connectivity index (χ0v) is 8.99. The van der Waals surface area contributed by atoms with Gasteiger partial charge in [0.2, 0.25) is 0 Å². The third kappa shape index (κ3) is 3.97. The van der Waals surface area contributed by atoms with Crippen LogP contribution >= 0.6 is 0 Å². The molecule has 0 heterocycles. The van der Waals surface area contributed by atoms with E-state index in [4.69, 9.17) is 10.2 Å². The largest absolute Gasteiger partial charge is 0.478 e. The van der Waals surface area contributed by atoms with E-state index in [9.17, 15) is 9.59 Å². The fourth-order valence-corrected chi connectivity index (χ4v) is 1.21. The molecule has 0 aromatic heterocycles. The summed E-state index contributed by atoms with van der Waals surface area (Å²) in [5.74, 6) is -2.50. The Morgan fingerprint density at radius 2 is 1.80 bits per heavy atom. The normalized spacial score (nSPS) is 13.3. The predicted octanol–water partition coefficient (Wildman–Crippen LogP) is 2.07. The van der Waals surface area contributed by atoms with Crippen molar-refractivity contribution in [3.8, 4) is 0 Å². The Bertz CT molecular complexity index is 302. The van der Waals surface area contributed by atoms with Crippen LogP contribution in [-0.4, -0.2) is 22.2 Å². The van der Waals surface area contributed by atoms with E-state index in [1.54, 1.807) is 13.8 Å². The maximum atomic E-state index is 10.7. The molecule has 0 bridgehead atoms. The Kier molecular flexibility index (Phi) is 5.37.